The average molecular weight is 351 g/mol. The summed E-state index contributed by atoms with van der Waals surface area (Å²) in [5, 5.41) is 4.36. The highest BCUT2D eigenvalue weighted by molar-refractivity contribution is 7.22. The third kappa shape index (κ3) is 3.82. The molecule has 1 aromatic heterocycles. The molecule has 1 saturated heterocycles. The van der Waals surface area contributed by atoms with E-state index in [0.717, 1.165) is 36.7 Å². The lowest BCUT2D eigenvalue weighted by Crippen LogP contribution is -2.28. The van der Waals surface area contributed by atoms with Gasteiger partial charge in [0.1, 0.15) is 0 Å². The molecule has 1 unspecified atom stereocenters. The topological polar surface area (TPSA) is 45.2 Å². The number of hydrogen-bond donors (Lipinski definition) is 1. The Kier molecular flexibility index (Phi) is 4.65. The maximum Gasteiger partial charge on any atom is 0.223 e. The van der Waals surface area contributed by atoms with E-state index in [9.17, 15) is 4.79 Å². The summed E-state index contributed by atoms with van der Waals surface area (Å²) in [6.45, 7) is 2.44. The molecule has 5 heteroatoms. The number of nitrogens with one attached hydrogen (secondary N) is 1. The fourth-order valence-electron chi connectivity index (χ4n) is 3.30. The monoisotopic (exact) mass is 351 g/mol. The number of hydrogen-bond acceptors (Lipinski definition) is 4. The Labute approximate surface area is 151 Å². The number of amides is 1. The summed E-state index contributed by atoms with van der Waals surface area (Å²) < 4.78 is 1.19. The zero-order valence-electron chi connectivity index (χ0n) is 14.0. The minimum absolute atomic E-state index is 0.270. The highest BCUT2D eigenvalue weighted by Crippen LogP contribution is 2.26. The van der Waals surface area contributed by atoms with E-state index in [2.05, 4.69) is 28.5 Å². The van der Waals surface area contributed by atoms with Gasteiger partial charge in [-0.15, -0.1) is 0 Å². The van der Waals surface area contributed by atoms with Gasteiger partial charge in [0.05, 0.1) is 10.2 Å². The van der Waals surface area contributed by atoms with Crippen molar-refractivity contribution >= 4 is 32.6 Å². The second-order valence-corrected chi connectivity index (χ2v) is 7.54. The van der Waals surface area contributed by atoms with Crippen LogP contribution in [0.2, 0.25) is 0 Å². The largest absolute Gasteiger partial charge is 0.361 e. The Bertz CT molecular complexity index is 829. The van der Waals surface area contributed by atoms with Gasteiger partial charge in [-0.1, -0.05) is 53.8 Å². The number of likely N-dealkylation sites (tertiary alicyclic amines) is 1. The number of nitrogens with zero attached hydrogens (tertiary/aromatic N) is 2. The molecule has 128 valence electrons. The van der Waals surface area contributed by atoms with E-state index >= 15 is 0 Å². The number of aromatic nitrogens is 1. The molecule has 3 aromatic rings. The van der Waals surface area contributed by atoms with E-state index in [4.69, 9.17) is 0 Å². The summed E-state index contributed by atoms with van der Waals surface area (Å²) in [5.41, 5.74) is 2.31. The number of rotatable bonds is 6. The first-order valence-corrected chi connectivity index (χ1v) is 9.51. The van der Waals surface area contributed by atoms with E-state index < -0.39 is 0 Å². The fraction of sp³-hybridized carbons (Fsp3) is 0.300. The van der Waals surface area contributed by atoms with Gasteiger partial charge in [-0.3, -0.25) is 4.79 Å². The first kappa shape index (κ1) is 16.1. The smallest absolute Gasteiger partial charge is 0.223 e. The molecule has 0 saturated carbocycles. The molecule has 1 N–H and O–H groups in total. The molecule has 4 nitrogen and oxygen atoms in total. The fourth-order valence-corrected chi connectivity index (χ4v) is 4.17. The van der Waals surface area contributed by atoms with Crippen molar-refractivity contribution in [1.29, 1.82) is 0 Å². The maximum absolute atomic E-state index is 12.2. The van der Waals surface area contributed by atoms with Crippen molar-refractivity contribution < 1.29 is 4.79 Å². The van der Waals surface area contributed by atoms with Gasteiger partial charge >= 0.3 is 0 Å². The maximum atomic E-state index is 12.2. The predicted molar refractivity (Wildman–Crippen MR) is 103 cm³/mol. The zero-order valence-corrected chi connectivity index (χ0v) is 14.8. The van der Waals surface area contributed by atoms with Gasteiger partial charge in [0.2, 0.25) is 5.91 Å². The molecule has 0 spiro atoms. The van der Waals surface area contributed by atoms with Crippen molar-refractivity contribution in [3.63, 3.8) is 0 Å². The van der Waals surface area contributed by atoms with Crippen molar-refractivity contribution in [3.05, 3.63) is 60.2 Å². The lowest BCUT2D eigenvalue weighted by atomic mass is 10.1. The van der Waals surface area contributed by atoms with Gasteiger partial charge in [0.15, 0.2) is 5.13 Å². The summed E-state index contributed by atoms with van der Waals surface area (Å²) in [6, 6.07) is 18.5. The first-order valence-electron chi connectivity index (χ1n) is 8.69. The van der Waals surface area contributed by atoms with Gasteiger partial charge in [-0.2, -0.15) is 0 Å². The van der Waals surface area contributed by atoms with Crippen LogP contribution in [0, 0.1) is 5.92 Å². The molecule has 1 amide bonds. The molecule has 1 fully saturated rings. The van der Waals surface area contributed by atoms with Crippen LogP contribution in [0.4, 0.5) is 5.13 Å². The third-order valence-corrected chi connectivity index (χ3v) is 5.64. The van der Waals surface area contributed by atoms with Crippen LogP contribution in [0.15, 0.2) is 54.6 Å². The summed E-state index contributed by atoms with van der Waals surface area (Å²) in [4.78, 5) is 18.8. The van der Waals surface area contributed by atoms with Crippen molar-refractivity contribution in [3.8, 4) is 0 Å². The van der Waals surface area contributed by atoms with Crippen LogP contribution in [0.5, 0.6) is 0 Å². The van der Waals surface area contributed by atoms with Gasteiger partial charge in [0, 0.05) is 32.0 Å². The molecule has 2 aromatic carbocycles. The van der Waals surface area contributed by atoms with E-state index in [1.165, 1.54) is 10.3 Å². The molecule has 0 radical (unpaired) electrons. The Balaban J connectivity index is 1.29. The van der Waals surface area contributed by atoms with Crippen LogP contribution in [0.25, 0.3) is 10.2 Å². The molecular formula is C20H21N3OS. The first-order chi connectivity index (χ1) is 12.3. The molecule has 1 atom stereocenters. The van der Waals surface area contributed by atoms with Crippen LogP contribution in [0.1, 0.15) is 12.0 Å². The van der Waals surface area contributed by atoms with Crippen LogP contribution < -0.4 is 5.32 Å². The third-order valence-electron chi connectivity index (χ3n) is 4.64. The van der Waals surface area contributed by atoms with Gasteiger partial charge < -0.3 is 10.2 Å². The van der Waals surface area contributed by atoms with E-state index in [0.29, 0.717) is 12.3 Å². The van der Waals surface area contributed by atoms with Gasteiger partial charge in [0.25, 0.3) is 0 Å². The molecule has 1 aliphatic heterocycles. The summed E-state index contributed by atoms with van der Waals surface area (Å²) >= 11 is 1.67. The summed E-state index contributed by atoms with van der Waals surface area (Å²) in [6.07, 6.45) is 1.55. The van der Waals surface area contributed by atoms with Gasteiger partial charge in [-0.05, 0) is 24.1 Å². The Morgan fingerprint density at radius 1 is 1.12 bits per heavy atom. The highest BCUT2D eigenvalue weighted by Gasteiger charge is 2.29. The van der Waals surface area contributed by atoms with Crippen LogP contribution in [-0.2, 0) is 11.2 Å². The minimum Gasteiger partial charge on any atom is -0.361 e. The van der Waals surface area contributed by atoms with Crippen LogP contribution in [0.3, 0.4) is 0 Å². The predicted octanol–water partition coefficient (Wildman–Crippen LogP) is 3.80. The molecule has 4 rings (SSSR count). The molecule has 1 aliphatic rings. The number of benzene rings is 2. The quantitative estimate of drug-likeness (QED) is 0.735. The summed E-state index contributed by atoms with van der Waals surface area (Å²) in [5.74, 6) is 0.627. The van der Waals surface area contributed by atoms with Crippen molar-refractivity contribution in [2.24, 2.45) is 5.92 Å². The van der Waals surface area contributed by atoms with E-state index in [1.807, 2.05) is 41.3 Å². The number of fused-ring (bicyclic) bond motifs is 1. The van der Waals surface area contributed by atoms with Crippen LogP contribution >= 0.6 is 11.3 Å². The van der Waals surface area contributed by atoms with E-state index in [-0.39, 0.29) is 5.91 Å². The molecule has 0 bridgehead atoms. The SMILES string of the molecule is O=C1CC(CNc2nc3ccccc3s2)CN1CCc1ccccc1. The molecular weight excluding hydrogens is 330 g/mol. The van der Waals surface area contributed by atoms with Crippen molar-refractivity contribution in [2.75, 3.05) is 25.0 Å². The normalized spacial score (nSPS) is 17.4. The second-order valence-electron chi connectivity index (χ2n) is 6.51. The van der Waals surface area contributed by atoms with E-state index in [1.54, 1.807) is 11.3 Å². The molecule has 0 aliphatic carbocycles. The van der Waals surface area contributed by atoms with Crippen molar-refractivity contribution in [1.82, 2.24) is 9.88 Å². The molecule has 25 heavy (non-hydrogen) atoms. The second kappa shape index (κ2) is 7.23. The van der Waals surface area contributed by atoms with Crippen molar-refractivity contribution in [2.45, 2.75) is 12.8 Å². The minimum atomic E-state index is 0.270. The number of anilines is 1. The zero-order chi connectivity index (χ0) is 17.1. The Morgan fingerprint density at radius 3 is 2.76 bits per heavy atom. The number of para-hydroxylation sites is 1. The average Bonchev–Trinajstić information content (AvgIpc) is 3.22. The Hall–Kier alpha value is -2.40. The lowest BCUT2D eigenvalue weighted by molar-refractivity contribution is -0.127. The van der Waals surface area contributed by atoms with Crippen LogP contribution in [-0.4, -0.2) is 35.4 Å². The number of carbonyl (C=O) groups is 1. The highest BCUT2D eigenvalue weighted by atomic mass is 32.1. The molecule has 2 heterocycles. The summed E-state index contributed by atoms with van der Waals surface area (Å²) in [7, 11) is 0. The lowest BCUT2D eigenvalue weighted by Gasteiger charge is -2.16. The standard InChI is InChI=1S/C20H21N3OS/c24-19-12-16(14-23(19)11-10-15-6-2-1-3-7-15)13-21-20-22-17-8-4-5-9-18(17)25-20/h1-9,16H,10-14H2,(H,21,22). The number of carbonyl (C=O) groups excluding carboxylic acids is 1. The number of thiazole rings is 1. The van der Waals surface area contributed by atoms with Gasteiger partial charge in [-0.25, -0.2) is 4.98 Å². The Morgan fingerprint density at radius 2 is 1.92 bits per heavy atom.